The highest BCUT2D eigenvalue weighted by atomic mass is 32.2. The largest absolute Gasteiger partial charge is 0.478 e. The molecule has 0 radical (unpaired) electrons. The lowest BCUT2D eigenvalue weighted by atomic mass is 10.2. The fourth-order valence-corrected chi connectivity index (χ4v) is 2.48. The van der Waals surface area contributed by atoms with E-state index in [1.54, 1.807) is 13.2 Å². The summed E-state index contributed by atoms with van der Waals surface area (Å²) in [5, 5.41) is 23.7. The zero-order valence-electron chi connectivity index (χ0n) is 10.1. The Morgan fingerprint density at radius 2 is 2.25 bits per heavy atom. The first-order valence-electron chi connectivity index (χ1n) is 5.26. The van der Waals surface area contributed by atoms with Gasteiger partial charge in [-0.3, -0.25) is 14.8 Å². The molecule has 0 fully saturated rings. The zero-order chi connectivity index (χ0) is 14.9. The Labute approximate surface area is 116 Å². The number of nitrogens with zero attached hydrogens (tertiary/aromatic N) is 3. The van der Waals surface area contributed by atoms with Crippen LogP contribution in [0.5, 0.6) is 0 Å². The summed E-state index contributed by atoms with van der Waals surface area (Å²) in [5.74, 6) is -2.62. The van der Waals surface area contributed by atoms with Crippen molar-refractivity contribution in [3.8, 4) is 0 Å². The monoisotopic (exact) mass is 297 g/mol. The summed E-state index contributed by atoms with van der Waals surface area (Å²) >= 11 is 0.949. The lowest BCUT2D eigenvalue weighted by molar-refractivity contribution is -0.387. The van der Waals surface area contributed by atoms with Crippen LogP contribution >= 0.6 is 11.8 Å². The molecule has 0 aliphatic carbocycles. The number of rotatable bonds is 4. The van der Waals surface area contributed by atoms with E-state index in [0.717, 1.165) is 17.8 Å². The van der Waals surface area contributed by atoms with Gasteiger partial charge in [-0.15, -0.1) is 0 Å². The summed E-state index contributed by atoms with van der Waals surface area (Å²) in [7, 11) is 1.67. The first-order chi connectivity index (χ1) is 9.38. The summed E-state index contributed by atoms with van der Waals surface area (Å²) in [5.41, 5.74) is -1.09. The molecule has 1 aromatic carbocycles. The molecule has 1 aromatic heterocycles. The molecular formula is C11H8FN3O4S. The number of carbonyl (C=O) groups is 1. The van der Waals surface area contributed by atoms with Gasteiger partial charge in [0, 0.05) is 13.2 Å². The lowest BCUT2D eigenvalue weighted by Crippen LogP contribution is -2.03. The van der Waals surface area contributed by atoms with Gasteiger partial charge in [0.25, 0.3) is 5.69 Å². The molecule has 20 heavy (non-hydrogen) atoms. The molecule has 1 N–H and O–H groups in total. The molecule has 0 bridgehead atoms. The van der Waals surface area contributed by atoms with Crippen LogP contribution in [0.2, 0.25) is 0 Å². The summed E-state index contributed by atoms with van der Waals surface area (Å²) in [6, 6.07) is 1.57. The maximum atomic E-state index is 13.5. The van der Waals surface area contributed by atoms with E-state index in [2.05, 4.69) is 5.10 Å². The molecule has 0 atom stereocenters. The second kappa shape index (κ2) is 5.29. The number of aryl methyl sites for hydroxylation is 1. The molecule has 2 rings (SSSR count). The maximum Gasteiger partial charge on any atom is 0.338 e. The number of benzene rings is 1. The molecular weight excluding hydrogens is 289 g/mol. The second-order valence-electron chi connectivity index (χ2n) is 3.81. The lowest BCUT2D eigenvalue weighted by Gasteiger charge is -2.04. The minimum absolute atomic E-state index is 0.0433. The Morgan fingerprint density at radius 1 is 1.55 bits per heavy atom. The average molecular weight is 297 g/mol. The number of carboxylic acids is 1. The van der Waals surface area contributed by atoms with Crippen LogP contribution < -0.4 is 0 Å². The predicted octanol–water partition coefficient (Wildman–Crippen LogP) is 2.32. The Kier molecular flexibility index (Phi) is 3.70. The van der Waals surface area contributed by atoms with Crippen molar-refractivity contribution in [2.75, 3.05) is 0 Å². The Balaban J connectivity index is 2.50. The molecule has 2 aromatic rings. The molecule has 0 saturated heterocycles. The third kappa shape index (κ3) is 2.77. The first-order valence-corrected chi connectivity index (χ1v) is 6.08. The quantitative estimate of drug-likeness (QED) is 0.687. The molecule has 0 amide bonds. The smallest absolute Gasteiger partial charge is 0.338 e. The fraction of sp³-hybridized carbons (Fsp3) is 0.0909. The third-order valence-corrected chi connectivity index (χ3v) is 3.38. The van der Waals surface area contributed by atoms with Crippen molar-refractivity contribution in [1.82, 2.24) is 9.78 Å². The van der Waals surface area contributed by atoms with Crippen molar-refractivity contribution in [2.24, 2.45) is 7.05 Å². The zero-order valence-corrected chi connectivity index (χ0v) is 10.9. The average Bonchev–Trinajstić information content (AvgIpc) is 2.76. The van der Waals surface area contributed by atoms with Gasteiger partial charge in [-0.2, -0.15) is 5.10 Å². The standard InChI is InChI=1S/C11H8FN3O4S/c1-14-5-6(4-13-14)20-10-2-7(11(16)17)8(12)3-9(10)15(18)19/h2-5H,1H3,(H,16,17). The van der Waals surface area contributed by atoms with E-state index in [0.29, 0.717) is 11.0 Å². The van der Waals surface area contributed by atoms with E-state index in [-0.39, 0.29) is 4.90 Å². The molecule has 9 heteroatoms. The highest BCUT2D eigenvalue weighted by Crippen LogP contribution is 2.36. The maximum absolute atomic E-state index is 13.5. The number of aromatic carboxylic acids is 1. The summed E-state index contributed by atoms with van der Waals surface area (Å²) in [6.07, 6.45) is 3.08. The minimum atomic E-state index is -1.48. The van der Waals surface area contributed by atoms with Gasteiger partial charge >= 0.3 is 5.97 Å². The van der Waals surface area contributed by atoms with Crippen molar-refractivity contribution >= 4 is 23.4 Å². The molecule has 0 aliphatic heterocycles. The van der Waals surface area contributed by atoms with E-state index < -0.39 is 28.0 Å². The number of nitro benzene ring substituents is 1. The van der Waals surface area contributed by atoms with Gasteiger partial charge in [0.1, 0.15) is 5.82 Å². The molecule has 104 valence electrons. The van der Waals surface area contributed by atoms with Gasteiger partial charge in [0.15, 0.2) is 0 Å². The molecule has 0 aliphatic rings. The van der Waals surface area contributed by atoms with Crippen LogP contribution in [0.15, 0.2) is 34.3 Å². The van der Waals surface area contributed by atoms with Crippen LogP contribution in [0.4, 0.5) is 10.1 Å². The van der Waals surface area contributed by atoms with E-state index in [1.807, 2.05) is 0 Å². The van der Waals surface area contributed by atoms with Gasteiger partial charge in [-0.1, -0.05) is 11.8 Å². The summed E-state index contributed by atoms with van der Waals surface area (Å²) < 4.78 is 15.0. The van der Waals surface area contributed by atoms with Gasteiger partial charge in [0.05, 0.1) is 32.5 Å². The number of nitro groups is 1. The predicted molar refractivity (Wildman–Crippen MR) is 67.3 cm³/mol. The van der Waals surface area contributed by atoms with Gasteiger partial charge in [0.2, 0.25) is 0 Å². The normalized spacial score (nSPS) is 10.5. The van der Waals surface area contributed by atoms with Crippen molar-refractivity contribution < 1.29 is 19.2 Å². The first kappa shape index (κ1) is 14.0. The number of aromatic nitrogens is 2. The van der Waals surface area contributed by atoms with Crippen molar-refractivity contribution in [3.63, 3.8) is 0 Å². The summed E-state index contributed by atoms with van der Waals surface area (Å²) in [6.45, 7) is 0. The highest BCUT2D eigenvalue weighted by Gasteiger charge is 2.22. The van der Waals surface area contributed by atoms with E-state index >= 15 is 0 Å². The number of carboxylic acid groups (broad SMARTS) is 1. The molecule has 0 unspecified atom stereocenters. The fourth-order valence-electron chi connectivity index (χ4n) is 1.51. The van der Waals surface area contributed by atoms with Crippen molar-refractivity contribution in [2.45, 2.75) is 9.79 Å². The second-order valence-corrected chi connectivity index (χ2v) is 4.93. The van der Waals surface area contributed by atoms with Crippen LogP contribution in [0.25, 0.3) is 0 Å². The number of halogens is 1. The highest BCUT2D eigenvalue weighted by molar-refractivity contribution is 7.99. The number of hydrogen-bond acceptors (Lipinski definition) is 5. The minimum Gasteiger partial charge on any atom is -0.478 e. The van der Waals surface area contributed by atoms with Crippen molar-refractivity contribution in [1.29, 1.82) is 0 Å². The summed E-state index contributed by atoms with van der Waals surface area (Å²) in [4.78, 5) is 21.7. The topological polar surface area (TPSA) is 98.3 Å². The number of hydrogen-bond donors (Lipinski definition) is 1. The molecule has 0 spiro atoms. The van der Waals surface area contributed by atoms with Gasteiger partial charge < -0.3 is 5.11 Å². The molecule has 1 heterocycles. The van der Waals surface area contributed by atoms with Crippen LogP contribution in [0.3, 0.4) is 0 Å². The Hall–Kier alpha value is -2.42. The van der Waals surface area contributed by atoms with Crippen LogP contribution in [-0.4, -0.2) is 25.8 Å². The van der Waals surface area contributed by atoms with E-state index in [9.17, 15) is 19.3 Å². The van der Waals surface area contributed by atoms with Gasteiger partial charge in [-0.05, 0) is 6.07 Å². The SMILES string of the molecule is Cn1cc(Sc2cc(C(=O)O)c(F)cc2[N+](=O)[O-])cn1. The molecule has 7 nitrogen and oxygen atoms in total. The third-order valence-electron chi connectivity index (χ3n) is 2.38. The molecule has 0 saturated carbocycles. The van der Waals surface area contributed by atoms with Crippen LogP contribution in [0, 0.1) is 15.9 Å². The van der Waals surface area contributed by atoms with E-state index in [4.69, 9.17) is 5.11 Å². The Bertz CT molecular complexity index is 701. The van der Waals surface area contributed by atoms with Crippen LogP contribution in [0.1, 0.15) is 10.4 Å². The van der Waals surface area contributed by atoms with E-state index in [1.165, 1.54) is 10.9 Å². The van der Waals surface area contributed by atoms with Gasteiger partial charge in [-0.25, -0.2) is 9.18 Å². The van der Waals surface area contributed by atoms with Crippen LogP contribution in [-0.2, 0) is 7.05 Å². The Morgan fingerprint density at radius 3 is 2.75 bits per heavy atom. The van der Waals surface area contributed by atoms with Crippen molar-refractivity contribution in [3.05, 3.63) is 46.0 Å².